The van der Waals surface area contributed by atoms with Gasteiger partial charge < -0.3 is 5.32 Å². The van der Waals surface area contributed by atoms with Crippen molar-refractivity contribution in [3.05, 3.63) is 0 Å². The molecule has 0 spiro atoms. The van der Waals surface area contributed by atoms with Gasteiger partial charge >= 0.3 is 0 Å². The topological polar surface area (TPSA) is 15.3 Å². The number of nitrogens with one attached hydrogen (secondary N) is 1. The zero-order chi connectivity index (χ0) is 14.7. The summed E-state index contributed by atoms with van der Waals surface area (Å²) in [5, 5.41) is 3.67. The Morgan fingerprint density at radius 2 is 1.74 bits per heavy atom. The Labute approximate surface area is 121 Å². The molecule has 0 aromatic carbocycles. The lowest BCUT2D eigenvalue weighted by Crippen LogP contribution is -2.50. The standard InChI is InChI=1S/C17H36N2/c1-8-14(13-18-16(2,3)4)19(7)15-9-11-17(5,6)12-10-15/h14-15,18H,8-13H2,1-7H3. The molecule has 0 radical (unpaired) electrons. The van der Waals surface area contributed by atoms with Crippen LogP contribution in [0.15, 0.2) is 0 Å². The van der Waals surface area contributed by atoms with Crippen molar-refractivity contribution in [2.45, 2.75) is 91.3 Å². The summed E-state index contributed by atoms with van der Waals surface area (Å²) in [4.78, 5) is 2.65. The van der Waals surface area contributed by atoms with Crippen molar-refractivity contribution >= 4 is 0 Å². The van der Waals surface area contributed by atoms with Gasteiger partial charge in [0.15, 0.2) is 0 Å². The van der Waals surface area contributed by atoms with Crippen LogP contribution in [0.5, 0.6) is 0 Å². The second-order valence-corrected chi connectivity index (χ2v) is 8.25. The molecule has 1 aliphatic rings. The van der Waals surface area contributed by atoms with Crippen molar-refractivity contribution in [3.8, 4) is 0 Å². The molecule has 1 N–H and O–H groups in total. The Morgan fingerprint density at radius 3 is 2.16 bits per heavy atom. The molecular formula is C17H36N2. The first kappa shape index (κ1) is 17.0. The first-order chi connectivity index (χ1) is 8.64. The zero-order valence-electron chi connectivity index (χ0n) is 14.3. The molecule has 1 unspecified atom stereocenters. The molecule has 1 atom stereocenters. The normalized spacial score (nSPS) is 22.7. The molecule has 1 saturated carbocycles. The quantitative estimate of drug-likeness (QED) is 0.809. The second-order valence-electron chi connectivity index (χ2n) is 8.25. The second kappa shape index (κ2) is 6.58. The van der Waals surface area contributed by atoms with Crippen LogP contribution in [-0.2, 0) is 0 Å². The van der Waals surface area contributed by atoms with Crippen LogP contribution in [0, 0.1) is 5.41 Å². The van der Waals surface area contributed by atoms with Crippen molar-refractivity contribution in [1.29, 1.82) is 0 Å². The van der Waals surface area contributed by atoms with Gasteiger partial charge in [0.05, 0.1) is 0 Å². The van der Waals surface area contributed by atoms with Crippen LogP contribution in [0.3, 0.4) is 0 Å². The summed E-state index contributed by atoms with van der Waals surface area (Å²) in [5.74, 6) is 0. The van der Waals surface area contributed by atoms with Gasteiger partial charge in [-0.25, -0.2) is 0 Å². The van der Waals surface area contributed by atoms with E-state index in [-0.39, 0.29) is 5.54 Å². The predicted molar refractivity (Wildman–Crippen MR) is 85.6 cm³/mol. The van der Waals surface area contributed by atoms with Gasteiger partial charge in [0.25, 0.3) is 0 Å². The van der Waals surface area contributed by atoms with Crippen molar-refractivity contribution in [3.63, 3.8) is 0 Å². The maximum absolute atomic E-state index is 3.67. The van der Waals surface area contributed by atoms with Gasteiger partial charge in [0.1, 0.15) is 0 Å². The Morgan fingerprint density at radius 1 is 1.21 bits per heavy atom. The first-order valence-electron chi connectivity index (χ1n) is 8.11. The molecule has 0 heterocycles. The van der Waals surface area contributed by atoms with E-state index in [2.05, 4.69) is 58.8 Å². The minimum absolute atomic E-state index is 0.225. The third-order valence-corrected chi connectivity index (χ3v) is 4.80. The lowest BCUT2D eigenvalue weighted by atomic mass is 9.75. The van der Waals surface area contributed by atoms with Crippen molar-refractivity contribution < 1.29 is 0 Å². The first-order valence-corrected chi connectivity index (χ1v) is 8.11. The van der Waals surface area contributed by atoms with Gasteiger partial charge in [0.2, 0.25) is 0 Å². The van der Waals surface area contributed by atoms with Crippen LogP contribution in [0.1, 0.15) is 73.6 Å². The van der Waals surface area contributed by atoms with Gasteiger partial charge in [-0.2, -0.15) is 0 Å². The smallest absolute Gasteiger partial charge is 0.0218 e. The third kappa shape index (κ3) is 5.83. The molecule has 0 aromatic rings. The maximum atomic E-state index is 3.67. The molecular weight excluding hydrogens is 232 g/mol. The zero-order valence-corrected chi connectivity index (χ0v) is 14.3. The average molecular weight is 268 g/mol. The van der Waals surface area contributed by atoms with E-state index in [1.54, 1.807) is 0 Å². The van der Waals surface area contributed by atoms with Crippen LogP contribution in [0.25, 0.3) is 0 Å². The van der Waals surface area contributed by atoms with E-state index in [0.29, 0.717) is 11.5 Å². The SMILES string of the molecule is CCC(CNC(C)(C)C)N(C)C1CCC(C)(C)CC1. The van der Waals surface area contributed by atoms with Crippen molar-refractivity contribution in [2.75, 3.05) is 13.6 Å². The highest BCUT2D eigenvalue weighted by molar-refractivity contribution is 4.86. The molecule has 2 heteroatoms. The van der Waals surface area contributed by atoms with Crippen LogP contribution in [0.4, 0.5) is 0 Å². The average Bonchev–Trinajstić information content (AvgIpc) is 2.28. The molecule has 114 valence electrons. The number of hydrogen-bond acceptors (Lipinski definition) is 2. The molecule has 0 saturated heterocycles. The molecule has 1 rings (SSSR count). The highest BCUT2D eigenvalue weighted by Gasteiger charge is 2.31. The van der Waals surface area contributed by atoms with E-state index in [1.165, 1.54) is 32.1 Å². The Bertz CT molecular complexity index is 255. The van der Waals surface area contributed by atoms with Crippen molar-refractivity contribution in [2.24, 2.45) is 5.41 Å². The van der Waals surface area contributed by atoms with Crippen LogP contribution in [0.2, 0.25) is 0 Å². The van der Waals surface area contributed by atoms with E-state index in [1.807, 2.05) is 0 Å². The lowest BCUT2D eigenvalue weighted by molar-refractivity contribution is 0.0891. The Kier molecular flexibility index (Phi) is 5.88. The van der Waals surface area contributed by atoms with E-state index >= 15 is 0 Å². The van der Waals surface area contributed by atoms with E-state index in [9.17, 15) is 0 Å². The summed E-state index contributed by atoms with van der Waals surface area (Å²) >= 11 is 0. The summed E-state index contributed by atoms with van der Waals surface area (Å²) in [6, 6.07) is 1.46. The Balaban J connectivity index is 2.47. The Hall–Kier alpha value is -0.0800. The lowest BCUT2D eigenvalue weighted by Gasteiger charge is -2.42. The molecule has 0 aromatic heterocycles. The minimum Gasteiger partial charge on any atom is -0.311 e. The number of hydrogen-bond donors (Lipinski definition) is 1. The fraction of sp³-hybridized carbons (Fsp3) is 1.00. The summed E-state index contributed by atoms with van der Waals surface area (Å²) in [6.07, 6.45) is 6.74. The van der Waals surface area contributed by atoms with Crippen LogP contribution in [-0.4, -0.2) is 36.1 Å². The monoisotopic (exact) mass is 268 g/mol. The molecule has 19 heavy (non-hydrogen) atoms. The number of nitrogens with zero attached hydrogens (tertiary/aromatic N) is 1. The van der Waals surface area contributed by atoms with Gasteiger partial charge in [-0.15, -0.1) is 0 Å². The molecule has 0 bridgehead atoms. The van der Waals surface area contributed by atoms with Crippen LogP contribution >= 0.6 is 0 Å². The van der Waals surface area contributed by atoms with Gasteiger partial charge in [0, 0.05) is 24.2 Å². The largest absolute Gasteiger partial charge is 0.311 e. The fourth-order valence-electron chi connectivity index (χ4n) is 3.09. The summed E-state index contributed by atoms with van der Waals surface area (Å²) in [6.45, 7) is 15.0. The van der Waals surface area contributed by atoms with E-state index < -0.39 is 0 Å². The molecule has 0 aliphatic heterocycles. The van der Waals surface area contributed by atoms with Gasteiger partial charge in [-0.05, 0) is 65.3 Å². The van der Waals surface area contributed by atoms with Gasteiger partial charge in [-0.3, -0.25) is 4.90 Å². The maximum Gasteiger partial charge on any atom is 0.0218 e. The van der Waals surface area contributed by atoms with E-state index in [0.717, 1.165) is 12.6 Å². The number of likely N-dealkylation sites (N-methyl/N-ethyl adjacent to an activating group) is 1. The number of rotatable bonds is 5. The molecule has 1 fully saturated rings. The highest BCUT2D eigenvalue weighted by Crippen LogP contribution is 2.37. The summed E-state index contributed by atoms with van der Waals surface area (Å²) in [5.41, 5.74) is 0.797. The molecule has 0 amide bonds. The predicted octanol–water partition coefficient (Wildman–Crippen LogP) is 4.05. The van der Waals surface area contributed by atoms with Crippen molar-refractivity contribution in [1.82, 2.24) is 10.2 Å². The highest BCUT2D eigenvalue weighted by atomic mass is 15.2. The molecule has 2 nitrogen and oxygen atoms in total. The summed E-state index contributed by atoms with van der Waals surface area (Å²) < 4.78 is 0. The van der Waals surface area contributed by atoms with E-state index in [4.69, 9.17) is 0 Å². The molecule has 1 aliphatic carbocycles. The summed E-state index contributed by atoms with van der Waals surface area (Å²) in [7, 11) is 2.33. The fourth-order valence-corrected chi connectivity index (χ4v) is 3.09. The minimum atomic E-state index is 0.225. The van der Waals surface area contributed by atoms with Gasteiger partial charge in [-0.1, -0.05) is 20.8 Å². The van der Waals surface area contributed by atoms with Crippen LogP contribution < -0.4 is 5.32 Å². The third-order valence-electron chi connectivity index (χ3n) is 4.80.